The Kier molecular flexibility index (Phi) is 5.98. The van der Waals surface area contributed by atoms with Crippen molar-refractivity contribution >= 4 is 39.0 Å². The van der Waals surface area contributed by atoms with Crippen LogP contribution in [-0.2, 0) is 6.54 Å². The summed E-state index contributed by atoms with van der Waals surface area (Å²) in [7, 11) is 0. The lowest BCUT2D eigenvalue weighted by molar-refractivity contribution is 0.162. The molecule has 0 amide bonds. The second-order valence-corrected chi connectivity index (χ2v) is 9.20. The monoisotopic (exact) mass is 499 g/mol. The van der Waals surface area contributed by atoms with Crippen LogP contribution in [0.3, 0.4) is 0 Å². The number of fused-ring (bicyclic) bond motifs is 1. The number of nitrogens with one attached hydrogen (secondary N) is 1. The Hall–Kier alpha value is -2.35. The van der Waals surface area contributed by atoms with Gasteiger partial charge < -0.3 is 9.73 Å². The Balaban J connectivity index is 1.35. The van der Waals surface area contributed by atoms with E-state index >= 15 is 0 Å². The van der Waals surface area contributed by atoms with Crippen LogP contribution in [-0.4, -0.2) is 39.1 Å². The van der Waals surface area contributed by atoms with Gasteiger partial charge in [-0.15, -0.1) is 0 Å². The van der Waals surface area contributed by atoms with Gasteiger partial charge in [0.1, 0.15) is 11.6 Å². The number of halogens is 2. The predicted octanol–water partition coefficient (Wildman–Crippen LogP) is 5.73. The van der Waals surface area contributed by atoms with Crippen molar-refractivity contribution in [2.24, 2.45) is 5.92 Å². The van der Waals surface area contributed by atoms with Crippen molar-refractivity contribution in [1.82, 2.24) is 19.5 Å². The molecule has 1 aromatic carbocycles. The second kappa shape index (κ2) is 9.02. The van der Waals surface area contributed by atoms with E-state index < -0.39 is 0 Å². The summed E-state index contributed by atoms with van der Waals surface area (Å²) in [5.41, 5.74) is 2.50. The molecule has 1 aliphatic heterocycles. The highest BCUT2D eigenvalue weighted by molar-refractivity contribution is 9.10. The van der Waals surface area contributed by atoms with Crippen LogP contribution in [0.1, 0.15) is 18.6 Å². The summed E-state index contributed by atoms with van der Waals surface area (Å²) in [6.45, 7) is 3.89. The maximum Gasteiger partial charge on any atom is 0.172 e. The van der Waals surface area contributed by atoms with Gasteiger partial charge in [0.2, 0.25) is 0 Å². The first-order chi connectivity index (χ1) is 15.2. The first kappa shape index (κ1) is 20.5. The maximum absolute atomic E-state index is 6.44. The van der Waals surface area contributed by atoms with Crippen LogP contribution >= 0.6 is 27.5 Å². The third-order valence-electron chi connectivity index (χ3n) is 5.71. The number of aromatic nitrogens is 3. The highest BCUT2D eigenvalue weighted by Crippen LogP contribution is 2.30. The predicted molar refractivity (Wildman–Crippen MR) is 126 cm³/mol. The number of rotatable bonds is 6. The van der Waals surface area contributed by atoms with Gasteiger partial charge in [-0.3, -0.25) is 4.90 Å². The number of likely N-dealkylation sites (tertiary alicyclic amines) is 1. The van der Waals surface area contributed by atoms with Crippen LogP contribution < -0.4 is 5.32 Å². The molecule has 1 fully saturated rings. The lowest BCUT2D eigenvalue weighted by Crippen LogP contribution is -2.37. The molecule has 0 spiro atoms. The third-order valence-corrected chi connectivity index (χ3v) is 6.60. The maximum atomic E-state index is 6.44. The van der Waals surface area contributed by atoms with Crippen molar-refractivity contribution in [3.8, 4) is 11.3 Å². The SMILES string of the molecule is Clc1ccccc1-c1cc(NCC2CCCN(Cc3ccco3)C2)n2ncc(Br)c2n1. The van der Waals surface area contributed by atoms with Gasteiger partial charge >= 0.3 is 0 Å². The first-order valence-corrected chi connectivity index (χ1v) is 11.6. The fourth-order valence-electron chi connectivity index (χ4n) is 4.20. The minimum absolute atomic E-state index is 0.551. The molecule has 3 aromatic heterocycles. The molecule has 4 heterocycles. The molecule has 31 heavy (non-hydrogen) atoms. The molecule has 8 heteroatoms. The third kappa shape index (κ3) is 4.49. The van der Waals surface area contributed by atoms with Gasteiger partial charge in [0.25, 0.3) is 0 Å². The fraction of sp³-hybridized carbons (Fsp3) is 0.304. The van der Waals surface area contributed by atoms with Gasteiger partial charge in [-0.2, -0.15) is 9.61 Å². The quantitative estimate of drug-likeness (QED) is 0.366. The molecular weight excluding hydrogens is 478 g/mol. The Bertz CT molecular complexity index is 1180. The van der Waals surface area contributed by atoms with E-state index in [1.165, 1.54) is 12.8 Å². The van der Waals surface area contributed by atoms with Crippen LogP contribution in [0.15, 0.2) is 63.8 Å². The van der Waals surface area contributed by atoms with Gasteiger partial charge in [0.05, 0.1) is 29.2 Å². The second-order valence-electron chi connectivity index (χ2n) is 7.94. The van der Waals surface area contributed by atoms with Crippen molar-refractivity contribution in [3.05, 3.63) is 70.2 Å². The molecular formula is C23H23BrClN5O. The highest BCUT2D eigenvalue weighted by Gasteiger charge is 2.21. The molecule has 1 unspecified atom stereocenters. The summed E-state index contributed by atoms with van der Waals surface area (Å²) >= 11 is 10.0. The number of piperidine rings is 1. The Morgan fingerprint density at radius 2 is 2.13 bits per heavy atom. The number of hydrogen-bond acceptors (Lipinski definition) is 5. The number of nitrogens with zero attached hydrogens (tertiary/aromatic N) is 4. The van der Waals surface area contributed by atoms with Crippen LogP contribution in [0.4, 0.5) is 5.82 Å². The molecule has 0 bridgehead atoms. The zero-order valence-corrected chi connectivity index (χ0v) is 19.3. The van der Waals surface area contributed by atoms with E-state index in [1.807, 2.05) is 47.0 Å². The van der Waals surface area contributed by atoms with Gasteiger partial charge in [-0.25, -0.2) is 4.98 Å². The molecule has 1 N–H and O–H groups in total. The van der Waals surface area contributed by atoms with E-state index in [1.54, 1.807) is 12.5 Å². The topological polar surface area (TPSA) is 58.6 Å². The van der Waals surface area contributed by atoms with Gasteiger partial charge in [-0.05, 0) is 59.4 Å². The van der Waals surface area contributed by atoms with Gasteiger partial charge in [-0.1, -0.05) is 29.8 Å². The van der Waals surface area contributed by atoms with Crippen molar-refractivity contribution in [3.63, 3.8) is 0 Å². The fourth-order valence-corrected chi connectivity index (χ4v) is 4.78. The van der Waals surface area contributed by atoms with Crippen molar-refractivity contribution in [2.45, 2.75) is 19.4 Å². The number of hydrogen-bond donors (Lipinski definition) is 1. The zero-order chi connectivity index (χ0) is 21.2. The summed E-state index contributed by atoms with van der Waals surface area (Å²) in [6, 6.07) is 13.8. The lowest BCUT2D eigenvalue weighted by Gasteiger charge is -2.32. The molecule has 1 atom stereocenters. The summed E-state index contributed by atoms with van der Waals surface area (Å²) in [6.07, 6.45) is 5.91. The molecule has 5 rings (SSSR count). The van der Waals surface area contributed by atoms with Crippen LogP contribution in [0.5, 0.6) is 0 Å². The Morgan fingerprint density at radius 1 is 1.23 bits per heavy atom. The van der Waals surface area contributed by atoms with E-state index in [0.29, 0.717) is 10.9 Å². The molecule has 1 aliphatic rings. The largest absolute Gasteiger partial charge is 0.468 e. The van der Waals surface area contributed by atoms with E-state index in [4.69, 9.17) is 21.0 Å². The van der Waals surface area contributed by atoms with Crippen molar-refractivity contribution < 1.29 is 4.42 Å². The van der Waals surface area contributed by atoms with Gasteiger partial charge in [0.15, 0.2) is 5.65 Å². The lowest BCUT2D eigenvalue weighted by atomic mass is 9.98. The summed E-state index contributed by atoms with van der Waals surface area (Å²) < 4.78 is 8.22. The standard InChI is InChI=1S/C23H23BrClN5O/c24-19-13-27-30-22(11-21(28-23(19)30)18-7-1-2-8-20(18)25)26-12-16-5-3-9-29(14-16)15-17-6-4-10-31-17/h1-2,4,6-8,10-11,13,16,26H,3,5,9,12,14-15H2. The normalized spacial score (nSPS) is 17.3. The van der Waals surface area contributed by atoms with E-state index in [9.17, 15) is 0 Å². The molecule has 1 saturated heterocycles. The molecule has 0 radical (unpaired) electrons. The van der Waals surface area contributed by atoms with E-state index in [-0.39, 0.29) is 0 Å². The minimum atomic E-state index is 0.551. The minimum Gasteiger partial charge on any atom is -0.468 e. The van der Waals surface area contributed by atoms with Crippen LogP contribution in [0, 0.1) is 5.92 Å². The zero-order valence-electron chi connectivity index (χ0n) is 17.0. The van der Waals surface area contributed by atoms with Crippen LogP contribution in [0.2, 0.25) is 5.02 Å². The number of furan rings is 1. The molecule has 6 nitrogen and oxygen atoms in total. The van der Waals surface area contributed by atoms with Crippen molar-refractivity contribution in [1.29, 1.82) is 0 Å². The number of benzene rings is 1. The van der Waals surface area contributed by atoms with Gasteiger partial charge in [0, 0.05) is 29.7 Å². The smallest absolute Gasteiger partial charge is 0.172 e. The molecule has 0 saturated carbocycles. The average Bonchev–Trinajstić information content (AvgIpc) is 3.43. The summed E-state index contributed by atoms with van der Waals surface area (Å²) in [5, 5.41) is 8.80. The summed E-state index contributed by atoms with van der Waals surface area (Å²) in [4.78, 5) is 7.25. The first-order valence-electron chi connectivity index (χ1n) is 10.4. The van der Waals surface area contributed by atoms with Crippen molar-refractivity contribution in [2.75, 3.05) is 25.0 Å². The molecule has 160 valence electrons. The Morgan fingerprint density at radius 3 is 2.97 bits per heavy atom. The average molecular weight is 501 g/mol. The number of anilines is 1. The molecule has 0 aliphatic carbocycles. The highest BCUT2D eigenvalue weighted by atomic mass is 79.9. The van der Waals surface area contributed by atoms with Crippen LogP contribution in [0.25, 0.3) is 16.9 Å². The van der Waals surface area contributed by atoms with E-state index in [0.717, 1.165) is 59.1 Å². The summed E-state index contributed by atoms with van der Waals surface area (Å²) in [5.74, 6) is 2.48. The Labute approximate surface area is 194 Å². The molecule has 4 aromatic rings. The van der Waals surface area contributed by atoms with E-state index in [2.05, 4.69) is 31.2 Å².